The average Bonchev–Trinajstić information content (AvgIpc) is 3.12. The first kappa shape index (κ1) is 14.5. The molecular formula is C17H11N3O3S. The zero-order valence-electron chi connectivity index (χ0n) is 12.6. The number of nitrogens with zero attached hydrogens (tertiary/aromatic N) is 2. The number of carbonyl (C=O) groups excluding carboxylic acids is 3. The van der Waals surface area contributed by atoms with Crippen molar-refractivity contribution in [1.29, 1.82) is 0 Å². The molecule has 3 aromatic rings. The van der Waals surface area contributed by atoms with Crippen molar-refractivity contribution < 1.29 is 14.4 Å². The van der Waals surface area contributed by atoms with Gasteiger partial charge in [-0.2, -0.15) is 0 Å². The molecule has 0 saturated heterocycles. The van der Waals surface area contributed by atoms with Gasteiger partial charge in [0, 0.05) is 7.05 Å². The van der Waals surface area contributed by atoms with Crippen LogP contribution in [0.25, 0.3) is 10.2 Å². The van der Waals surface area contributed by atoms with Crippen LogP contribution in [0.15, 0.2) is 42.5 Å². The van der Waals surface area contributed by atoms with Gasteiger partial charge >= 0.3 is 0 Å². The summed E-state index contributed by atoms with van der Waals surface area (Å²) in [5.41, 5.74) is 1.58. The molecule has 2 heterocycles. The normalized spacial score (nSPS) is 13.5. The molecule has 118 valence electrons. The number of aromatic nitrogens is 1. The third-order valence-electron chi connectivity index (χ3n) is 3.85. The molecular weight excluding hydrogens is 326 g/mol. The van der Waals surface area contributed by atoms with Gasteiger partial charge in [-0.1, -0.05) is 18.2 Å². The van der Waals surface area contributed by atoms with Gasteiger partial charge in [0.15, 0.2) is 5.01 Å². The molecule has 1 aliphatic rings. The molecule has 6 nitrogen and oxygen atoms in total. The number of para-hydroxylation sites is 1. The number of benzene rings is 2. The number of nitrogens with one attached hydrogen (secondary N) is 1. The zero-order valence-corrected chi connectivity index (χ0v) is 13.4. The van der Waals surface area contributed by atoms with Gasteiger partial charge in [-0.05, 0) is 24.3 Å². The average molecular weight is 337 g/mol. The maximum atomic E-state index is 12.5. The van der Waals surface area contributed by atoms with Crippen LogP contribution in [0, 0.1) is 0 Å². The van der Waals surface area contributed by atoms with Crippen molar-refractivity contribution in [3.8, 4) is 0 Å². The number of carbonyl (C=O) groups is 3. The van der Waals surface area contributed by atoms with Gasteiger partial charge in [0.2, 0.25) is 0 Å². The Morgan fingerprint density at radius 1 is 1.08 bits per heavy atom. The lowest BCUT2D eigenvalue weighted by Gasteiger charge is -2.07. The lowest BCUT2D eigenvalue weighted by atomic mass is 10.1. The molecule has 0 atom stereocenters. The van der Waals surface area contributed by atoms with Gasteiger partial charge in [-0.3, -0.25) is 19.3 Å². The van der Waals surface area contributed by atoms with Crippen LogP contribution in [-0.4, -0.2) is 34.7 Å². The second-order valence-electron chi connectivity index (χ2n) is 5.34. The minimum atomic E-state index is -0.421. The molecule has 0 aliphatic carbocycles. The van der Waals surface area contributed by atoms with Gasteiger partial charge in [0.05, 0.1) is 27.0 Å². The van der Waals surface area contributed by atoms with Crippen molar-refractivity contribution in [3.63, 3.8) is 0 Å². The standard InChI is InChI=1S/C17H11N3O3S/c1-20-16(22)9-5-4-7-11(13(9)17(20)23)18-14(21)15-19-10-6-2-3-8-12(10)24-15/h2-8H,1H3,(H,18,21). The Labute approximate surface area is 140 Å². The fourth-order valence-corrected chi connectivity index (χ4v) is 3.51. The summed E-state index contributed by atoms with van der Waals surface area (Å²) in [6, 6.07) is 12.3. The number of amides is 3. The zero-order chi connectivity index (χ0) is 16.8. The highest BCUT2D eigenvalue weighted by Gasteiger charge is 2.35. The number of imide groups is 1. The molecule has 1 aromatic heterocycles. The molecule has 2 aromatic carbocycles. The van der Waals surface area contributed by atoms with E-state index in [1.54, 1.807) is 18.2 Å². The van der Waals surface area contributed by atoms with E-state index in [1.807, 2.05) is 24.3 Å². The summed E-state index contributed by atoms with van der Waals surface area (Å²) in [5.74, 6) is -1.19. The van der Waals surface area contributed by atoms with Crippen LogP contribution >= 0.6 is 11.3 Å². The van der Waals surface area contributed by atoms with E-state index >= 15 is 0 Å². The summed E-state index contributed by atoms with van der Waals surface area (Å²) in [6.45, 7) is 0. The van der Waals surface area contributed by atoms with Crippen LogP contribution in [0.3, 0.4) is 0 Å². The Kier molecular flexibility index (Phi) is 3.17. The van der Waals surface area contributed by atoms with Crippen molar-refractivity contribution in [3.05, 3.63) is 58.6 Å². The van der Waals surface area contributed by atoms with Crippen molar-refractivity contribution in [1.82, 2.24) is 9.88 Å². The predicted molar refractivity (Wildman–Crippen MR) is 90.4 cm³/mol. The minimum Gasteiger partial charge on any atom is -0.319 e. The molecule has 1 aliphatic heterocycles. The fraction of sp³-hybridized carbons (Fsp3) is 0.0588. The van der Waals surface area contributed by atoms with E-state index in [0.717, 1.165) is 15.1 Å². The monoisotopic (exact) mass is 337 g/mol. The van der Waals surface area contributed by atoms with Crippen LogP contribution < -0.4 is 5.32 Å². The molecule has 24 heavy (non-hydrogen) atoms. The highest BCUT2D eigenvalue weighted by molar-refractivity contribution is 7.20. The van der Waals surface area contributed by atoms with Crippen LogP contribution in [0.5, 0.6) is 0 Å². The van der Waals surface area contributed by atoms with Gasteiger partial charge in [-0.15, -0.1) is 11.3 Å². The summed E-state index contributed by atoms with van der Waals surface area (Å²) in [5, 5.41) is 3.00. The molecule has 0 saturated carbocycles. The van der Waals surface area contributed by atoms with Crippen molar-refractivity contribution in [2.45, 2.75) is 0 Å². The molecule has 3 amide bonds. The van der Waals surface area contributed by atoms with Crippen molar-refractivity contribution in [2.75, 3.05) is 12.4 Å². The van der Waals surface area contributed by atoms with Gasteiger partial charge < -0.3 is 5.32 Å². The van der Waals surface area contributed by atoms with E-state index in [0.29, 0.717) is 16.3 Å². The lowest BCUT2D eigenvalue weighted by Crippen LogP contribution is -2.24. The topological polar surface area (TPSA) is 79.4 Å². The molecule has 1 N–H and O–H groups in total. The SMILES string of the molecule is CN1C(=O)c2cccc(NC(=O)c3nc4ccccc4s3)c2C1=O. The first-order chi connectivity index (χ1) is 11.6. The lowest BCUT2D eigenvalue weighted by molar-refractivity contribution is 0.0693. The van der Waals surface area contributed by atoms with Gasteiger partial charge in [-0.25, -0.2) is 4.98 Å². The Morgan fingerprint density at radius 3 is 2.67 bits per heavy atom. The summed E-state index contributed by atoms with van der Waals surface area (Å²) in [6.07, 6.45) is 0. The predicted octanol–water partition coefficient (Wildman–Crippen LogP) is 2.77. The third-order valence-corrected chi connectivity index (χ3v) is 4.89. The first-order valence-corrected chi connectivity index (χ1v) is 8.00. The number of thiazole rings is 1. The van der Waals surface area contributed by atoms with E-state index in [-0.39, 0.29) is 11.5 Å². The molecule has 0 radical (unpaired) electrons. The van der Waals surface area contributed by atoms with Crippen LogP contribution in [0.4, 0.5) is 5.69 Å². The summed E-state index contributed by atoms with van der Waals surface area (Å²) in [4.78, 5) is 42.1. The molecule has 0 unspecified atom stereocenters. The maximum absolute atomic E-state index is 12.5. The van der Waals surface area contributed by atoms with E-state index < -0.39 is 11.8 Å². The van der Waals surface area contributed by atoms with E-state index in [9.17, 15) is 14.4 Å². The Balaban J connectivity index is 1.70. The van der Waals surface area contributed by atoms with Crippen molar-refractivity contribution >= 4 is 45.0 Å². The van der Waals surface area contributed by atoms with E-state index in [1.165, 1.54) is 18.4 Å². The molecule has 0 bridgehead atoms. The number of anilines is 1. The number of fused-ring (bicyclic) bond motifs is 2. The quantitative estimate of drug-likeness (QED) is 0.729. The number of hydrogen-bond acceptors (Lipinski definition) is 5. The highest BCUT2D eigenvalue weighted by atomic mass is 32.1. The summed E-state index contributed by atoms with van der Waals surface area (Å²) in [7, 11) is 1.42. The highest BCUT2D eigenvalue weighted by Crippen LogP contribution is 2.29. The molecule has 0 spiro atoms. The van der Waals surface area contributed by atoms with Crippen LogP contribution in [0.1, 0.15) is 30.5 Å². The van der Waals surface area contributed by atoms with Crippen LogP contribution in [-0.2, 0) is 0 Å². The first-order valence-electron chi connectivity index (χ1n) is 7.18. The number of hydrogen-bond donors (Lipinski definition) is 1. The van der Waals surface area contributed by atoms with Gasteiger partial charge in [0.1, 0.15) is 0 Å². The Hall–Kier alpha value is -3.06. The summed E-state index contributed by atoms with van der Waals surface area (Å²) >= 11 is 1.27. The molecule has 4 rings (SSSR count). The maximum Gasteiger partial charge on any atom is 0.284 e. The van der Waals surface area contributed by atoms with E-state index in [2.05, 4.69) is 10.3 Å². The van der Waals surface area contributed by atoms with E-state index in [4.69, 9.17) is 0 Å². The van der Waals surface area contributed by atoms with Crippen LogP contribution in [0.2, 0.25) is 0 Å². The Morgan fingerprint density at radius 2 is 1.88 bits per heavy atom. The minimum absolute atomic E-state index is 0.222. The van der Waals surface area contributed by atoms with Crippen molar-refractivity contribution in [2.24, 2.45) is 0 Å². The largest absolute Gasteiger partial charge is 0.319 e. The molecule has 7 heteroatoms. The number of rotatable bonds is 2. The summed E-state index contributed by atoms with van der Waals surface area (Å²) < 4.78 is 0.909. The third kappa shape index (κ3) is 2.10. The molecule has 0 fully saturated rings. The second kappa shape index (κ2) is 5.24. The smallest absolute Gasteiger partial charge is 0.284 e. The fourth-order valence-electron chi connectivity index (χ4n) is 2.65. The second-order valence-corrected chi connectivity index (χ2v) is 6.37. The Bertz CT molecular complexity index is 992. The van der Waals surface area contributed by atoms with Gasteiger partial charge in [0.25, 0.3) is 17.7 Å².